The maximum absolute atomic E-state index is 2.48. The van der Waals surface area contributed by atoms with E-state index >= 15 is 0 Å². The molecule has 1 aliphatic carbocycles. The summed E-state index contributed by atoms with van der Waals surface area (Å²) in [6.07, 6.45) is 0. The van der Waals surface area contributed by atoms with Gasteiger partial charge in [-0.05, 0) is 114 Å². The van der Waals surface area contributed by atoms with Crippen molar-refractivity contribution in [2.24, 2.45) is 0 Å². The molecule has 1 nitrogen and oxygen atoms in total. The summed E-state index contributed by atoms with van der Waals surface area (Å²) in [5, 5.41) is 9.98. The Bertz CT molecular complexity index is 2800. The highest BCUT2D eigenvalue weighted by Gasteiger charge is 2.35. The zero-order chi connectivity index (χ0) is 33.4. The van der Waals surface area contributed by atoms with Gasteiger partial charge in [-0.2, -0.15) is 0 Å². The average Bonchev–Trinajstić information content (AvgIpc) is 3.40. The number of benzene rings is 9. The van der Waals surface area contributed by atoms with Crippen molar-refractivity contribution < 1.29 is 0 Å². The van der Waals surface area contributed by atoms with E-state index in [4.69, 9.17) is 0 Å². The van der Waals surface area contributed by atoms with E-state index in [0.29, 0.717) is 0 Å². The van der Waals surface area contributed by atoms with Crippen LogP contribution in [0.3, 0.4) is 0 Å². The molecule has 0 spiro atoms. The van der Waals surface area contributed by atoms with E-state index in [9.17, 15) is 0 Å². The van der Waals surface area contributed by atoms with Crippen LogP contribution in [0.15, 0.2) is 176 Å². The van der Waals surface area contributed by atoms with E-state index in [0.717, 1.165) is 11.4 Å². The van der Waals surface area contributed by atoms with E-state index in [1.807, 2.05) is 0 Å². The van der Waals surface area contributed by atoms with Crippen LogP contribution in [0.4, 0.5) is 17.1 Å². The molecule has 50 heavy (non-hydrogen) atoms. The Hall–Kier alpha value is -6.18. The summed E-state index contributed by atoms with van der Waals surface area (Å²) in [6.45, 7) is 4.73. The lowest BCUT2D eigenvalue weighted by Gasteiger charge is -2.30. The van der Waals surface area contributed by atoms with E-state index in [1.165, 1.54) is 82.2 Å². The second-order valence-electron chi connectivity index (χ2n) is 14.2. The number of nitrogens with zero attached hydrogens (tertiary/aromatic N) is 1. The van der Waals surface area contributed by atoms with Gasteiger partial charge >= 0.3 is 0 Å². The minimum atomic E-state index is -0.1000. The lowest BCUT2D eigenvalue weighted by molar-refractivity contribution is 0.660. The Morgan fingerprint density at radius 1 is 0.360 bits per heavy atom. The Labute approximate surface area is 292 Å². The highest BCUT2D eigenvalue weighted by atomic mass is 15.1. The van der Waals surface area contributed by atoms with Crippen LogP contribution in [-0.2, 0) is 5.41 Å². The third kappa shape index (κ3) is 4.40. The lowest BCUT2D eigenvalue weighted by Crippen LogP contribution is -2.16. The van der Waals surface area contributed by atoms with Crippen molar-refractivity contribution in [3.05, 3.63) is 187 Å². The van der Waals surface area contributed by atoms with Gasteiger partial charge < -0.3 is 4.90 Å². The first-order valence-corrected chi connectivity index (χ1v) is 17.5. The zero-order valence-corrected chi connectivity index (χ0v) is 28.2. The van der Waals surface area contributed by atoms with Crippen molar-refractivity contribution in [3.63, 3.8) is 0 Å². The van der Waals surface area contributed by atoms with Gasteiger partial charge in [0, 0.05) is 22.2 Å². The van der Waals surface area contributed by atoms with Crippen LogP contribution in [0.1, 0.15) is 25.0 Å². The second-order valence-corrected chi connectivity index (χ2v) is 14.2. The average molecular weight is 638 g/mol. The quantitative estimate of drug-likeness (QED) is 0.174. The summed E-state index contributed by atoms with van der Waals surface area (Å²) in [5.74, 6) is 0. The molecule has 0 saturated heterocycles. The topological polar surface area (TPSA) is 3.24 Å². The molecule has 0 aromatic heterocycles. The molecule has 0 fully saturated rings. The number of anilines is 3. The predicted octanol–water partition coefficient (Wildman–Crippen LogP) is 13.7. The molecule has 0 saturated carbocycles. The fourth-order valence-electron chi connectivity index (χ4n) is 8.40. The highest BCUT2D eigenvalue weighted by Crippen LogP contribution is 2.51. The van der Waals surface area contributed by atoms with E-state index in [1.54, 1.807) is 0 Å². The summed E-state index contributed by atoms with van der Waals surface area (Å²) < 4.78 is 0. The van der Waals surface area contributed by atoms with Gasteiger partial charge in [0.2, 0.25) is 0 Å². The minimum Gasteiger partial charge on any atom is -0.310 e. The highest BCUT2D eigenvalue weighted by molar-refractivity contribution is 6.15. The van der Waals surface area contributed by atoms with E-state index < -0.39 is 0 Å². The van der Waals surface area contributed by atoms with Gasteiger partial charge in [-0.15, -0.1) is 0 Å². The fraction of sp³-hybridized carbons (Fsp3) is 0.0612. The number of hydrogen-bond acceptors (Lipinski definition) is 1. The zero-order valence-electron chi connectivity index (χ0n) is 28.2. The van der Waals surface area contributed by atoms with Crippen molar-refractivity contribution in [2.75, 3.05) is 4.90 Å². The van der Waals surface area contributed by atoms with Crippen molar-refractivity contribution in [1.29, 1.82) is 0 Å². The van der Waals surface area contributed by atoms with E-state index in [-0.39, 0.29) is 5.41 Å². The third-order valence-electron chi connectivity index (χ3n) is 11.0. The molecule has 0 radical (unpaired) electrons. The maximum Gasteiger partial charge on any atom is 0.0546 e. The molecule has 9 aromatic rings. The third-order valence-corrected chi connectivity index (χ3v) is 11.0. The number of rotatable bonds is 4. The molecule has 1 heteroatoms. The first-order chi connectivity index (χ1) is 24.5. The molecule has 0 heterocycles. The molecule has 0 bridgehead atoms. The van der Waals surface area contributed by atoms with Gasteiger partial charge in [-0.3, -0.25) is 0 Å². The normalized spacial score (nSPS) is 13.2. The SMILES string of the molecule is CC1(C)c2ccccc2-c2ccc(N(c3ccc4ccc(-c5ccc6ccccc6c5)cc4c3)c3cc4ccccc4c4ccccc34)cc21. The molecule has 0 unspecified atom stereocenters. The Morgan fingerprint density at radius 2 is 0.920 bits per heavy atom. The molecule has 236 valence electrons. The molecule has 10 rings (SSSR count). The number of hydrogen-bond donors (Lipinski definition) is 0. The van der Waals surface area contributed by atoms with Gasteiger partial charge in [-0.1, -0.05) is 147 Å². The lowest BCUT2D eigenvalue weighted by atomic mass is 9.82. The van der Waals surface area contributed by atoms with Crippen molar-refractivity contribution in [3.8, 4) is 22.3 Å². The van der Waals surface area contributed by atoms with Crippen LogP contribution >= 0.6 is 0 Å². The summed E-state index contributed by atoms with van der Waals surface area (Å²) in [6, 6.07) is 65.1. The molecular weight excluding hydrogens is 603 g/mol. The standard InChI is InChI=1S/C49H35N/c1-49(2)46-18-10-9-16-43(46)44-26-25-40(31-47(44)49)50(48-30-37-13-5-6-14-41(37)42-15-7-8-17-45(42)48)39-24-23-33-20-22-36(28-38(33)29-39)35-21-19-32-11-3-4-12-34(32)27-35/h3-31H,1-2H3. The van der Waals surface area contributed by atoms with Crippen LogP contribution in [0.25, 0.3) is 65.3 Å². The molecule has 0 N–H and O–H groups in total. The van der Waals surface area contributed by atoms with Crippen LogP contribution in [0.2, 0.25) is 0 Å². The van der Waals surface area contributed by atoms with Crippen molar-refractivity contribution >= 4 is 60.2 Å². The van der Waals surface area contributed by atoms with Crippen LogP contribution in [0, 0.1) is 0 Å². The van der Waals surface area contributed by atoms with Crippen molar-refractivity contribution in [2.45, 2.75) is 19.3 Å². The van der Waals surface area contributed by atoms with Crippen LogP contribution < -0.4 is 4.90 Å². The summed E-state index contributed by atoms with van der Waals surface area (Å²) in [7, 11) is 0. The van der Waals surface area contributed by atoms with Crippen LogP contribution in [0.5, 0.6) is 0 Å². The smallest absolute Gasteiger partial charge is 0.0546 e. The minimum absolute atomic E-state index is 0.1000. The van der Waals surface area contributed by atoms with Gasteiger partial charge in [0.15, 0.2) is 0 Å². The van der Waals surface area contributed by atoms with Gasteiger partial charge in [0.05, 0.1) is 5.69 Å². The first-order valence-electron chi connectivity index (χ1n) is 17.5. The Morgan fingerprint density at radius 3 is 1.74 bits per heavy atom. The predicted molar refractivity (Wildman–Crippen MR) is 214 cm³/mol. The summed E-state index contributed by atoms with van der Waals surface area (Å²) in [4.78, 5) is 2.48. The molecule has 0 amide bonds. The summed E-state index contributed by atoms with van der Waals surface area (Å²) in [5.41, 5.74) is 11.3. The molecule has 0 atom stereocenters. The molecular formula is C49H35N. The van der Waals surface area contributed by atoms with E-state index in [2.05, 4.69) is 195 Å². The fourth-order valence-corrected chi connectivity index (χ4v) is 8.40. The van der Waals surface area contributed by atoms with Crippen molar-refractivity contribution in [1.82, 2.24) is 0 Å². The maximum atomic E-state index is 2.48. The monoisotopic (exact) mass is 637 g/mol. The van der Waals surface area contributed by atoms with Gasteiger partial charge in [0.1, 0.15) is 0 Å². The molecule has 9 aromatic carbocycles. The Kier molecular flexibility index (Phi) is 6.29. The van der Waals surface area contributed by atoms with Gasteiger partial charge in [-0.25, -0.2) is 0 Å². The second kappa shape index (κ2) is 10.9. The number of fused-ring (bicyclic) bond motifs is 8. The Balaban J connectivity index is 1.20. The first kappa shape index (κ1) is 28.8. The van der Waals surface area contributed by atoms with Gasteiger partial charge in [0.25, 0.3) is 0 Å². The molecule has 1 aliphatic rings. The molecule has 0 aliphatic heterocycles. The largest absolute Gasteiger partial charge is 0.310 e. The summed E-state index contributed by atoms with van der Waals surface area (Å²) >= 11 is 0. The van der Waals surface area contributed by atoms with Crippen LogP contribution in [-0.4, -0.2) is 0 Å².